The van der Waals surface area contributed by atoms with E-state index in [1.54, 1.807) is 0 Å². The van der Waals surface area contributed by atoms with Gasteiger partial charge in [0, 0.05) is 18.7 Å². The molecule has 0 spiro atoms. The maximum atomic E-state index is 8.98. The molecular weight excluding hydrogens is 176 g/mol. The van der Waals surface area contributed by atoms with Crippen molar-refractivity contribution in [1.29, 1.82) is 0 Å². The molecule has 1 saturated carbocycles. The number of aromatic nitrogens is 2. The van der Waals surface area contributed by atoms with E-state index in [1.165, 1.54) is 0 Å². The van der Waals surface area contributed by atoms with Crippen LogP contribution in [0, 0.1) is 5.92 Å². The van der Waals surface area contributed by atoms with E-state index in [4.69, 9.17) is 5.11 Å². The van der Waals surface area contributed by atoms with Gasteiger partial charge in [-0.3, -0.25) is 0 Å². The second kappa shape index (κ2) is 2.82. The summed E-state index contributed by atoms with van der Waals surface area (Å²) >= 11 is 0. The Morgan fingerprint density at radius 2 is 2.43 bits per heavy atom. The molecule has 2 unspecified atom stereocenters. The fourth-order valence-corrected chi connectivity index (χ4v) is 1.95. The second-order valence-corrected chi connectivity index (χ2v) is 3.92. The van der Waals surface area contributed by atoms with Gasteiger partial charge in [-0.1, -0.05) is 6.07 Å². The normalized spacial score (nSPS) is 25.5. The van der Waals surface area contributed by atoms with Crippen LogP contribution in [-0.4, -0.2) is 21.3 Å². The van der Waals surface area contributed by atoms with E-state index in [0.29, 0.717) is 18.4 Å². The van der Waals surface area contributed by atoms with Crippen LogP contribution in [0.1, 0.15) is 18.0 Å². The van der Waals surface area contributed by atoms with Gasteiger partial charge in [-0.15, -0.1) is 0 Å². The Morgan fingerprint density at radius 3 is 3.14 bits per heavy atom. The first kappa shape index (κ1) is 8.00. The molecule has 3 nitrogen and oxygen atoms in total. The zero-order chi connectivity index (χ0) is 9.54. The summed E-state index contributed by atoms with van der Waals surface area (Å²) in [5, 5.41) is 13.5. The molecule has 1 fully saturated rings. The fourth-order valence-electron chi connectivity index (χ4n) is 1.95. The lowest BCUT2D eigenvalue weighted by molar-refractivity contribution is 0.273. The van der Waals surface area contributed by atoms with Crippen molar-refractivity contribution < 1.29 is 5.11 Å². The quantitative estimate of drug-likeness (QED) is 0.774. The van der Waals surface area contributed by atoms with Gasteiger partial charge in [-0.2, -0.15) is 5.10 Å². The van der Waals surface area contributed by atoms with Crippen LogP contribution in [-0.2, 0) is 0 Å². The third kappa shape index (κ3) is 1.13. The number of aliphatic hydroxyl groups excluding tert-OH is 1. The Bertz CT molecular complexity index is 430. The lowest BCUT2D eigenvalue weighted by Gasteiger charge is -1.90. The summed E-state index contributed by atoms with van der Waals surface area (Å²) in [7, 11) is 0. The van der Waals surface area contributed by atoms with E-state index < -0.39 is 0 Å². The van der Waals surface area contributed by atoms with Gasteiger partial charge in [-0.25, -0.2) is 4.52 Å². The number of fused-ring (bicyclic) bond motifs is 1. The summed E-state index contributed by atoms with van der Waals surface area (Å²) in [5.41, 5.74) is 2.25. The van der Waals surface area contributed by atoms with Crippen molar-refractivity contribution in [3.63, 3.8) is 0 Å². The van der Waals surface area contributed by atoms with E-state index in [2.05, 4.69) is 11.2 Å². The summed E-state index contributed by atoms with van der Waals surface area (Å²) < 4.78 is 1.89. The van der Waals surface area contributed by atoms with Crippen molar-refractivity contribution in [3.05, 3.63) is 36.2 Å². The Balaban J connectivity index is 1.99. The number of pyridine rings is 1. The minimum absolute atomic E-state index is 0.290. The predicted molar refractivity (Wildman–Crippen MR) is 53.1 cm³/mol. The fraction of sp³-hybridized carbons (Fsp3) is 0.364. The van der Waals surface area contributed by atoms with E-state index in [0.717, 1.165) is 17.6 Å². The summed E-state index contributed by atoms with van der Waals surface area (Å²) in [6, 6.07) is 8.14. The van der Waals surface area contributed by atoms with Crippen LogP contribution >= 0.6 is 0 Å². The molecule has 1 aliphatic rings. The van der Waals surface area contributed by atoms with Crippen LogP contribution < -0.4 is 0 Å². The monoisotopic (exact) mass is 188 g/mol. The SMILES string of the molecule is OCC1CC1c1cc2ccccn2n1. The summed E-state index contributed by atoms with van der Waals surface area (Å²) in [6.07, 6.45) is 3.04. The lowest BCUT2D eigenvalue weighted by atomic mass is 10.2. The van der Waals surface area contributed by atoms with Crippen molar-refractivity contribution >= 4 is 5.52 Å². The van der Waals surface area contributed by atoms with Crippen LogP contribution in [0.4, 0.5) is 0 Å². The molecule has 14 heavy (non-hydrogen) atoms. The van der Waals surface area contributed by atoms with Crippen LogP contribution in [0.25, 0.3) is 5.52 Å². The van der Waals surface area contributed by atoms with Crippen molar-refractivity contribution in [2.24, 2.45) is 5.92 Å². The number of hydrogen-bond donors (Lipinski definition) is 1. The molecule has 0 radical (unpaired) electrons. The lowest BCUT2D eigenvalue weighted by Crippen LogP contribution is -1.90. The van der Waals surface area contributed by atoms with Crippen LogP contribution in [0.15, 0.2) is 30.5 Å². The van der Waals surface area contributed by atoms with Gasteiger partial charge in [0.2, 0.25) is 0 Å². The van der Waals surface area contributed by atoms with E-state index in [-0.39, 0.29) is 0 Å². The van der Waals surface area contributed by atoms with Crippen molar-refractivity contribution in [2.45, 2.75) is 12.3 Å². The molecule has 0 amide bonds. The number of nitrogens with zero attached hydrogens (tertiary/aromatic N) is 2. The topological polar surface area (TPSA) is 37.5 Å². The average molecular weight is 188 g/mol. The van der Waals surface area contributed by atoms with Crippen molar-refractivity contribution in [2.75, 3.05) is 6.61 Å². The molecular formula is C11H12N2O. The smallest absolute Gasteiger partial charge is 0.0669 e. The number of hydrogen-bond acceptors (Lipinski definition) is 2. The van der Waals surface area contributed by atoms with E-state index in [9.17, 15) is 0 Å². The molecule has 0 aliphatic heterocycles. The van der Waals surface area contributed by atoms with E-state index in [1.807, 2.05) is 28.9 Å². The summed E-state index contributed by atoms with van der Waals surface area (Å²) in [4.78, 5) is 0. The third-order valence-electron chi connectivity index (χ3n) is 2.93. The maximum Gasteiger partial charge on any atom is 0.0669 e. The standard InChI is InChI=1S/C11H12N2O/c14-7-8-5-10(8)11-6-9-3-1-2-4-13(9)12-11/h1-4,6,8,10,14H,5,7H2. The molecule has 2 aromatic heterocycles. The van der Waals surface area contributed by atoms with Gasteiger partial charge in [-0.05, 0) is 30.5 Å². The molecule has 0 aromatic carbocycles. The minimum atomic E-state index is 0.290. The molecule has 2 atom stereocenters. The first-order chi connectivity index (χ1) is 6.88. The molecule has 3 heteroatoms. The Kier molecular flexibility index (Phi) is 1.61. The Labute approximate surface area is 82.0 Å². The van der Waals surface area contributed by atoms with Gasteiger partial charge < -0.3 is 5.11 Å². The van der Waals surface area contributed by atoms with Gasteiger partial charge in [0.25, 0.3) is 0 Å². The minimum Gasteiger partial charge on any atom is -0.396 e. The highest BCUT2D eigenvalue weighted by Crippen LogP contribution is 2.46. The maximum absolute atomic E-state index is 8.98. The summed E-state index contributed by atoms with van der Waals surface area (Å²) in [6.45, 7) is 0.290. The first-order valence-electron chi connectivity index (χ1n) is 4.93. The average Bonchev–Trinajstić information content (AvgIpc) is 2.89. The highest BCUT2D eigenvalue weighted by molar-refractivity contribution is 5.48. The molecule has 72 valence electrons. The second-order valence-electron chi connectivity index (χ2n) is 3.92. The zero-order valence-corrected chi connectivity index (χ0v) is 7.80. The largest absolute Gasteiger partial charge is 0.396 e. The van der Waals surface area contributed by atoms with E-state index >= 15 is 0 Å². The van der Waals surface area contributed by atoms with Gasteiger partial charge in [0.05, 0.1) is 11.2 Å². The molecule has 1 aliphatic carbocycles. The molecule has 2 aromatic rings. The highest BCUT2D eigenvalue weighted by Gasteiger charge is 2.39. The zero-order valence-electron chi connectivity index (χ0n) is 7.80. The van der Waals surface area contributed by atoms with Crippen molar-refractivity contribution in [3.8, 4) is 0 Å². The highest BCUT2D eigenvalue weighted by atomic mass is 16.3. The molecule has 0 saturated heterocycles. The molecule has 2 heterocycles. The number of aliphatic hydroxyl groups is 1. The third-order valence-corrected chi connectivity index (χ3v) is 2.93. The van der Waals surface area contributed by atoms with Crippen LogP contribution in [0.2, 0.25) is 0 Å². The van der Waals surface area contributed by atoms with Gasteiger partial charge in [0.15, 0.2) is 0 Å². The van der Waals surface area contributed by atoms with Crippen LogP contribution in [0.5, 0.6) is 0 Å². The molecule has 1 N–H and O–H groups in total. The first-order valence-corrected chi connectivity index (χ1v) is 4.93. The van der Waals surface area contributed by atoms with Crippen LogP contribution in [0.3, 0.4) is 0 Å². The predicted octanol–water partition coefficient (Wildman–Crippen LogP) is 1.43. The van der Waals surface area contributed by atoms with Crippen molar-refractivity contribution in [1.82, 2.24) is 9.61 Å². The van der Waals surface area contributed by atoms with Gasteiger partial charge in [0.1, 0.15) is 0 Å². The summed E-state index contributed by atoms with van der Waals surface area (Å²) in [5.74, 6) is 0.930. The number of rotatable bonds is 2. The molecule has 3 rings (SSSR count). The Hall–Kier alpha value is -1.35. The van der Waals surface area contributed by atoms with Gasteiger partial charge >= 0.3 is 0 Å². The molecule has 0 bridgehead atoms. The Morgan fingerprint density at radius 1 is 1.50 bits per heavy atom.